The number of aryl methyl sites for hydroxylation is 3. The summed E-state index contributed by atoms with van der Waals surface area (Å²) in [6.07, 6.45) is 2.91. The SMILES string of the molecule is CCc1ccccc1[C@@H]1c2cc(C)ccc2O[C@@]2(NC(C)=O)c3ccccc3CC[C@@H]12. The Bertz CT molecular complexity index is 1150. The summed E-state index contributed by atoms with van der Waals surface area (Å²) in [6.45, 7) is 5.94. The highest BCUT2D eigenvalue weighted by Crippen LogP contribution is 2.55. The lowest BCUT2D eigenvalue weighted by Gasteiger charge is -2.52. The quantitative estimate of drug-likeness (QED) is 0.606. The van der Waals surface area contributed by atoms with E-state index in [0.29, 0.717) is 0 Å². The molecular weight excluding hydrogens is 382 g/mol. The van der Waals surface area contributed by atoms with Gasteiger partial charge in [-0.2, -0.15) is 0 Å². The number of fused-ring (bicyclic) bond motifs is 4. The first kappa shape index (κ1) is 19.9. The van der Waals surface area contributed by atoms with Crippen molar-refractivity contribution >= 4 is 5.91 Å². The highest BCUT2D eigenvalue weighted by atomic mass is 16.5. The van der Waals surface area contributed by atoms with Gasteiger partial charge in [-0.3, -0.25) is 4.79 Å². The number of hydrogen-bond donors (Lipinski definition) is 1. The molecule has 3 aromatic carbocycles. The number of carbonyl (C=O) groups excluding carboxylic acids is 1. The minimum atomic E-state index is -0.867. The van der Waals surface area contributed by atoms with Gasteiger partial charge in [0.2, 0.25) is 11.6 Å². The fourth-order valence-electron chi connectivity index (χ4n) is 5.73. The summed E-state index contributed by atoms with van der Waals surface area (Å²) in [5, 5.41) is 3.28. The van der Waals surface area contributed by atoms with Gasteiger partial charge in [0.05, 0.1) is 0 Å². The molecule has 5 rings (SSSR count). The standard InChI is InChI=1S/C28H29NO2/c1-4-20-9-5-7-11-22(20)27-23-17-18(2)13-16-26(23)31-28(29-19(3)30)24-12-8-6-10-21(24)14-15-25(27)28/h5-13,16-17,25,27H,4,14-15H2,1-3H3,(H,29,30)/t25-,27+,28-/m0/s1. The molecule has 3 heteroatoms. The van der Waals surface area contributed by atoms with Gasteiger partial charge in [-0.25, -0.2) is 0 Å². The van der Waals surface area contributed by atoms with Crippen molar-refractivity contribution in [2.24, 2.45) is 5.92 Å². The van der Waals surface area contributed by atoms with E-state index < -0.39 is 5.72 Å². The average molecular weight is 412 g/mol. The molecule has 1 heterocycles. The summed E-state index contributed by atoms with van der Waals surface area (Å²) in [5.74, 6) is 1.05. The molecule has 1 aliphatic heterocycles. The Morgan fingerprint density at radius 3 is 2.65 bits per heavy atom. The molecule has 0 fully saturated rings. The van der Waals surface area contributed by atoms with Gasteiger partial charge in [0, 0.05) is 29.9 Å². The average Bonchev–Trinajstić information content (AvgIpc) is 2.77. The third-order valence-corrected chi connectivity index (χ3v) is 6.97. The third kappa shape index (κ3) is 3.15. The van der Waals surface area contributed by atoms with Gasteiger partial charge in [0.1, 0.15) is 5.75 Å². The van der Waals surface area contributed by atoms with Crippen LogP contribution in [0.5, 0.6) is 5.75 Å². The Kier molecular flexibility index (Phi) is 4.85. The second-order valence-electron chi connectivity index (χ2n) is 8.89. The van der Waals surface area contributed by atoms with Crippen LogP contribution in [0, 0.1) is 12.8 Å². The van der Waals surface area contributed by atoms with Crippen LogP contribution in [0.15, 0.2) is 66.7 Å². The molecule has 1 N–H and O–H groups in total. The van der Waals surface area contributed by atoms with E-state index in [0.717, 1.165) is 30.6 Å². The molecule has 0 bridgehead atoms. The zero-order valence-electron chi connectivity index (χ0n) is 18.4. The Morgan fingerprint density at radius 1 is 1.06 bits per heavy atom. The largest absolute Gasteiger partial charge is 0.463 e. The van der Waals surface area contributed by atoms with E-state index in [1.54, 1.807) is 6.92 Å². The number of nitrogens with one attached hydrogen (secondary N) is 1. The molecule has 0 saturated carbocycles. The Hall–Kier alpha value is -3.07. The maximum absolute atomic E-state index is 12.5. The highest BCUT2D eigenvalue weighted by molar-refractivity contribution is 5.74. The van der Waals surface area contributed by atoms with Gasteiger partial charge in [-0.05, 0) is 48.9 Å². The molecule has 0 radical (unpaired) electrons. The van der Waals surface area contributed by atoms with Crippen molar-refractivity contribution < 1.29 is 9.53 Å². The minimum absolute atomic E-state index is 0.0696. The minimum Gasteiger partial charge on any atom is -0.463 e. The zero-order valence-corrected chi connectivity index (χ0v) is 18.4. The molecule has 3 nitrogen and oxygen atoms in total. The highest BCUT2D eigenvalue weighted by Gasteiger charge is 2.54. The molecule has 0 saturated heterocycles. The summed E-state index contributed by atoms with van der Waals surface area (Å²) in [7, 11) is 0. The van der Waals surface area contributed by atoms with Crippen LogP contribution in [0.3, 0.4) is 0 Å². The van der Waals surface area contributed by atoms with Crippen LogP contribution in [0.4, 0.5) is 0 Å². The number of ether oxygens (including phenoxy) is 1. The van der Waals surface area contributed by atoms with E-state index >= 15 is 0 Å². The van der Waals surface area contributed by atoms with Gasteiger partial charge in [-0.1, -0.05) is 73.2 Å². The first-order valence-electron chi connectivity index (χ1n) is 11.3. The van der Waals surface area contributed by atoms with E-state index in [1.807, 2.05) is 6.07 Å². The van der Waals surface area contributed by atoms with Gasteiger partial charge >= 0.3 is 0 Å². The lowest BCUT2D eigenvalue weighted by atomic mass is 9.64. The summed E-state index contributed by atoms with van der Waals surface area (Å²) < 4.78 is 6.81. The molecule has 31 heavy (non-hydrogen) atoms. The van der Waals surface area contributed by atoms with Crippen molar-refractivity contribution in [2.75, 3.05) is 0 Å². The fourth-order valence-corrected chi connectivity index (χ4v) is 5.73. The first-order chi connectivity index (χ1) is 15.0. The lowest BCUT2D eigenvalue weighted by Crippen LogP contribution is -2.60. The van der Waals surface area contributed by atoms with Crippen LogP contribution in [-0.4, -0.2) is 5.91 Å². The second-order valence-corrected chi connectivity index (χ2v) is 8.89. The fraction of sp³-hybridized carbons (Fsp3) is 0.321. The van der Waals surface area contributed by atoms with Crippen LogP contribution in [0.25, 0.3) is 0 Å². The monoisotopic (exact) mass is 411 g/mol. The van der Waals surface area contributed by atoms with Gasteiger partial charge in [-0.15, -0.1) is 0 Å². The molecule has 0 spiro atoms. The predicted octanol–water partition coefficient (Wildman–Crippen LogP) is 5.63. The van der Waals surface area contributed by atoms with E-state index in [9.17, 15) is 4.79 Å². The number of benzene rings is 3. The number of amides is 1. The Morgan fingerprint density at radius 2 is 1.84 bits per heavy atom. The van der Waals surface area contributed by atoms with Gasteiger partial charge in [0.15, 0.2) is 0 Å². The topological polar surface area (TPSA) is 38.3 Å². The van der Waals surface area contributed by atoms with Crippen LogP contribution in [0.2, 0.25) is 0 Å². The first-order valence-corrected chi connectivity index (χ1v) is 11.3. The van der Waals surface area contributed by atoms with E-state index in [-0.39, 0.29) is 17.7 Å². The summed E-state index contributed by atoms with van der Waals surface area (Å²) in [5.41, 5.74) is 6.64. The normalized spacial score (nSPS) is 23.7. The van der Waals surface area contributed by atoms with Crippen molar-refractivity contribution in [1.82, 2.24) is 5.32 Å². The number of carbonyl (C=O) groups is 1. The Balaban J connectivity index is 1.81. The van der Waals surface area contributed by atoms with Crippen molar-refractivity contribution in [2.45, 2.75) is 51.7 Å². The molecule has 1 aliphatic carbocycles. The summed E-state index contributed by atoms with van der Waals surface area (Å²) in [6, 6.07) is 23.6. The number of hydrogen-bond acceptors (Lipinski definition) is 2. The van der Waals surface area contributed by atoms with E-state index in [2.05, 4.69) is 79.8 Å². The molecule has 0 aromatic heterocycles. The lowest BCUT2D eigenvalue weighted by molar-refractivity contribution is -0.132. The third-order valence-electron chi connectivity index (χ3n) is 6.97. The molecule has 3 aromatic rings. The molecule has 0 unspecified atom stereocenters. The molecule has 3 atom stereocenters. The zero-order chi connectivity index (χ0) is 21.6. The van der Waals surface area contributed by atoms with Crippen molar-refractivity contribution in [3.8, 4) is 5.75 Å². The van der Waals surface area contributed by atoms with Crippen LogP contribution < -0.4 is 10.1 Å². The van der Waals surface area contributed by atoms with Crippen molar-refractivity contribution in [3.05, 3.63) is 100 Å². The van der Waals surface area contributed by atoms with Crippen LogP contribution in [0.1, 0.15) is 59.6 Å². The predicted molar refractivity (Wildman–Crippen MR) is 123 cm³/mol. The molecule has 158 valence electrons. The van der Waals surface area contributed by atoms with Gasteiger partial charge < -0.3 is 10.1 Å². The maximum atomic E-state index is 12.5. The Labute approximate surface area is 184 Å². The summed E-state index contributed by atoms with van der Waals surface area (Å²) in [4.78, 5) is 12.5. The molecule has 2 aliphatic rings. The summed E-state index contributed by atoms with van der Waals surface area (Å²) >= 11 is 0. The maximum Gasteiger partial charge on any atom is 0.220 e. The van der Waals surface area contributed by atoms with E-state index in [4.69, 9.17) is 4.74 Å². The molecular formula is C28H29NO2. The van der Waals surface area contributed by atoms with Crippen LogP contribution in [-0.2, 0) is 23.4 Å². The van der Waals surface area contributed by atoms with Gasteiger partial charge in [0.25, 0.3) is 0 Å². The van der Waals surface area contributed by atoms with Crippen LogP contribution >= 0.6 is 0 Å². The number of rotatable bonds is 3. The molecule has 1 amide bonds. The second kappa shape index (κ2) is 7.56. The van der Waals surface area contributed by atoms with Crippen molar-refractivity contribution in [3.63, 3.8) is 0 Å². The van der Waals surface area contributed by atoms with E-state index in [1.165, 1.54) is 27.8 Å². The van der Waals surface area contributed by atoms with Crippen molar-refractivity contribution in [1.29, 1.82) is 0 Å². The smallest absolute Gasteiger partial charge is 0.220 e.